The third kappa shape index (κ3) is 1.17. The van der Waals surface area contributed by atoms with Gasteiger partial charge in [0.15, 0.2) is 0 Å². The molecule has 0 spiro atoms. The summed E-state index contributed by atoms with van der Waals surface area (Å²) in [5, 5.41) is 0. The van der Waals surface area contributed by atoms with Crippen molar-refractivity contribution in [2.45, 2.75) is 0 Å². The standard InChI is InChI=1S/C8H9O/c1-7-5-3-4-6-8(7)9-2/h3-6H,1H2,2H3/q+1. The molecule has 1 aliphatic rings. The lowest BCUT2D eigenvalue weighted by molar-refractivity contribution is -0.418. The summed E-state index contributed by atoms with van der Waals surface area (Å²) in [7, 11) is 1.64. The highest BCUT2D eigenvalue weighted by atomic mass is 16.4. The minimum atomic E-state index is 0.845. The maximum absolute atomic E-state index is 4.98. The van der Waals surface area contributed by atoms with Gasteiger partial charge in [-0.15, -0.1) is 0 Å². The number of hydrogen-bond acceptors (Lipinski definition) is 0. The van der Waals surface area contributed by atoms with Crippen molar-refractivity contribution < 1.29 is 4.42 Å². The lowest BCUT2D eigenvalue weighted by Gasteiger charge is -1.90. The molecular formula is C8H9O+. The van der Waals surface area contributed by atoms with E-state index in [-0.39, 0.29) is 0 Å². The molecule has 1 heteroatoms. The van der Waals surface area contributed by atoms with Gasteiger partial charge in [0, 0.05) is 6.08 Å². The fourth-order valence-corrected chi connectivity index (χ4v) is 0.703. The van der Waals surface area contributed by atoms with E-state index in [4.69, 9.17) is 4.42 Å². The molecule has 1 rings (SSSR count). The van der Waals surface area contributed by atoms with E-state index in [1.807, 2.05) is 24.3 Å². The normalized spacial score (nSPS) is 21.4. The molecule has 1 nitrogen and oxygen atoms in total. The third-order valence-electron chi connectivity index (χ3n) is 1.19. The Balaban J connectivity index is 2.91. The molecule has 0 saturated heterocycles. The first-order valence-electron chi connectivity index (χ1n) is 2.79. The van der Waals surface area contributed by atoms with Crippen LogP contribution >= 0.6 is 0 Å². The van der Waals surface area contributed by atoms with Crippen molar-refractivity contribution in [1.29, 1.82) is 0 Å². The Bertz CT molecular complexity index is 207. The van der Waals surface area contributed by atoms with E-state index in [9.17, 15) is 0 Å². The highest BCUT2D eigenvalue weighted by molar-refractivity contribution is 6.07. The maximum Gasteiger partial charge on any atom is 0.349 e. The molecule has 0 saturated carbocycles. The van der Waals surface area contributed by atoms with Crippen molar-refractivity contribution in [2.24, 2.45) is 0 Å². The molecule has 0 heterocycles. The summed E-state index contributed by atoms with van der Waals surface area (Å²) >= 11 is 0. The molecule has 0 aromatic rings. The summed E-state index contributed by atoms with van der Waals surface area (Å²) in [5.74, 6) is 0.845. The lowest BCUT2D eigenvalue weighted by Crippen LogP contribution is -1.99. The minimum absolute atomic E-state index is 0.845. The van der Waals surface area contributed by atoms with E-state index in [2.05, 4.69) is 6.58 Å². The van der Waals surface area contributed by atoms with E-state index in [1.54, 1.807) is 7.11 Å². The number of rotatable bonds is 0. The Kier molecular flexibility index (Phi) is 1.63. The predicted octanol–water partition coefficient (Wildman–Crippen LogP) is 1.40. The third-order valence-corrected chi connectivity index (χ3v) is 1.19. The van der Waals surface area contributed by atoms with Crippen molar-refractivity contribution in [3.63, 3.8) is 0 Å². The zero-order valence-electron chi connectivity index (χ0n) is 5.42. The Hall–Kier alpha value is -1.11. The summed E-state index contributed by atoms with van der Waals surface area (Å²) in [4.78, 5) is 0. The van der Waals surface area contributed by atoms with Gasteiger partial charge in [-0.3, -0.25) is 4.42 Å². The van der Waals surface area contributed by atoms with Gasteiger partial charge in [-0.05, 0) is 6.08 Å². The van der Waals surface area contributed by atoms with Crippen molar-refractivity contribution in [1.82, 2.24) is 0 Å². The largest absolute Gasteiger partial charge is 0.349 e. The molecule has 1 aliphatic carbocycles. The Morgan fingerprint density at radius 1 is 1.33 bits per heavy atom. The minimum Gasteiger partial charge on any atom is -0.257 e. The smallest absolute Gasteiger partial charge is 0.257 e. The molecule has 0 aromatic heterocycles. The first-order chi connectivity index (χ1) is 4.34. The second-order valence-corrected chi connectivity index (χ2v) is 1.81. The number of ketones is 1. The summed E-state index contributed by atoms with van der Waals surface area (Å²) in [6, 6.07) is 0. The van der Waals surface area contributed by atoms with Gasteiger partial charge >= 0.3 is 5.78 Å². The molecule has 0 unspecified atom stereocenters. The fourth-order valence-electron chi connectivity index (χ4n) is 0.703. The average Bonchev–Trinajstić information content (AvgIpc) is 1.89. The molecule has 0 fully saturated rings. The summed E-state index contributed by atoms with van der Waals surface area (Å²) in [5.41, 5.74) is 0.931. The van der Waals surface area contributed by atoms with Crippen molar-refractivity contribution in [3.8, 4) is 0 Å². The van der Waals surface area contributed by atoms with Crippen molar-refractivity contribution >= 4 is 5.78 Å². The first kappa shape index (κ1) is 6.02. The van der Waals surface area contributed by atoms with E-state index >= 15 is 0 Å². The summed E-state index contributed by atoms with van der Waals surface area (Å²) in [6.07, 6.45) is 7.67. The summed E-state index contributed by atoms with van der Waals surface area (Å²) < 4.78 is 4.98. The van der Waals surface area contributed by atoms with Crippen LogP contribution in [0.1, 0.15) is 0 Å². The first-order valence-corrected chi connectivity index (χ1v) is 2.79. The number of carbonyl (C=O) groups excluding carboxylic acids is 1. The highest BCUT2D eigenvalue weighted by Gasteiger charge is 2.09. The van der Waals surface area contributed by atoms with Gasteiger partial charge in [0.1, 0.15) is 0 Å². The van der Waals surface area contributed by atoms with E-state index in [0.29, 0.717) is 0 Å². The number of allylic oxidation sites excluding steroid dienone is 5. The SMILES string of the molecule is C=C1C=CC=CC1=[O+]C. The van der Waals surface area contributed by atoms with E-state index < -0.39 is 0 Å². The van der Waals surface area contributed by atoms with Crippen LogP contribution in [-0.4, -0.2) is 12.9 Å². The van der Waals surface area contributed by atoms with Crippen LogP contribution in [0.4, 0.5) is 0 Å². The molecule has 0 N–H and O–H groups in total. The van der Waals surface area contributed by atoms with Crippen LogP contribution < -0.4 is 0 Å². The molecule has 0 amide bonds. The Morgan fingerprint density at radius 2 is 2.00 bits per heavy atom. The van der Waals surface area contributed by atoms with Gasteiger partial charge in [0.05, 0.1) is 5.57 Å². The average molecular weight is 121 g/mol. The Morgan fingerprint density at radius 3 is 2.44 bits per heavy atom. The number of hydrogen-bond donors (Lipinski definition) is 0. The van der Waals surface area contributed by atoms with Crippen LogP contribution in [0, 0.1) is 0 Å². The van der Waals surface area contributed by atoms with Gasteiger partial charge in [-0.1, -0.05) is 18.7 Å². The topological polar surface area (TPSA) is 11.3 Å². The Labute approximate surface area is 54.7 Å². The lowest BCUT2D eigenvalue weighted by atomic mass is 10.1. The van der Waals surface area contributed by atoms with Crippen LogP contribution in [-0.2, 0) is 4.42 Å². The molecule has 46 valence electrons. The van der Waals surface area contributed by atoms with Gasteiger partial charge in [0.25, 0.3) is 7.11 Å². The van der Waals surface area contributed by atoms with Gasteiger partial charge < -0.3 is 0 Å². The predicted molar refractivity (Wildman–Crippen MR) is 38.4 cm³/mol. The van der Waals surface area contributed by atoms with Crippen LogP contribution in [0.25, 0.3) is 0 Å². The molecular weight excluding hydrogens is 112 g/mol. The van der Waals surface area contributed by atoms with Gasteiger partial charge in [-0.25, -0.2) is 0 Å². The monoisotopic (exact) mass is 121 g/mol. The van der Waals surface area contributed by atoms with Crippen LogP contribution in [0.15, 0.2) is 36.5 Å². The van der Waals surface area contributed by atoms with Crippen molar-refractivity contribution in [3.05, 3.63) is 36.5 Å². The molecule has 9 heavy (non-hydrogen) atoms. The van der Waals surface area contributed by atoms with Crippen LogP contribution in [0.3, 0.4) is 0 Å². The van der Waals surface area contributed by atoms with E-state index in [1.165, 1.54) is 0 Å². The molecule has 0 radical (unpaired) electrons. The molecule has 0 aromatic carbocycles. The molecule has 0 bridgehead atoms. The maximum atomic E-state index is 4.98. The van der Waals surface area contributed by atoms with Crippen LogP contribution in [0.2, 0.25) is 0 Å². The quantitative estimate of drug-likeness (QED) is 0.339. The zero-order valence-corrected chi connectivity index (χ0v) is 5.42. The highest BCUT2D eigenvalue weighted by Crippen LogP contribution is 2.02. The zero-order chi connectivity index (χ0) is 6.69. The van der Waals surface area contributed by atoms with E-state index in [0.717, 1.165) is 11.4 Å². The molecule has 0 aliphatic heterocycles. The second kappa shape index (κ2) is 2.44. The van der Waals surface area contributed by atoms with Crippen LogP contribution in [0.5, 0.6) is 0 Å². The van der Waals surface area contributed by atoms with Crippen molar-refractivity contribution in [2.75, 3.05) is 7.11 Å². The molecule has 0 atom stereocenters. The fraction of sp³-hybridized carbons (Fsp3) is 0.125. The second-order valence-electron chi connectivity index (χ2n) is 1.81. The van der Waals surface area contributed by atoms with Gasteiger partial charge in [-0.2, -0.15) is 0 Å². The van der Waals surface area contributed by atoms with Gasteiger partial charge in [0.2, 0.25) is 0 Å². The summed E-state index contributed by atoms with van der Waals surface area (Å²) in [6.45, 7) is 3.77.